The smallest absolute Gasteiger partial charge is 0.256 e. The number of aromatic nitrogens is 2. The SMILES string of the molecule is CCOc1ccc(CCC2CCN(C(=O)c3cnc(-c4ccccc4)nc3)CC2)cc1. The predicted molar refractivity (Wildman–Crippen MR) is 122 cm³/mol. The van der Waals surface area contributed by atoms with E-state index >= 15 is 0 Å². The second-order valence-electron chi connectivity index (χ2n) is 8.01. The number of hydrogen-bond acceptors (Lipinski definition) is 4. The lowest BCUT2D eigenvalue weighted by molar-refractivity contribution is 0.0686. The fourth-order valence-electron chi connectivity index (χ4n) is 4.07. The molecule has 2 aromatic carbocycles. The first-order valence-corrected chi connectivity index (χ1v) is 11.1. The van der Waals surface area contributed by atoms with Gasteiger partial charge in [0.15, 0.2) is 5.82 Å². The van der Waals surface area contributed by atoms with Gasteiger partial charge in [-0.2, -0.15) is 0 Å². The van der Waals surface area contributed by atoms with Crippen LogP contribution in [0.5, 0.6) is 5.75 Å². The first-order valence-electron chi connectivity index (χ1n) is 11.1. The van der Waals surface area contributed by atoms with Crippen LogP contribution in [0, 0.1) is 5.92 Å². The first-order chi connectivity index (χ1) is 15.2. The summed E-state index contributed by atoms with van der Waals surface area (Å²) in [7, 11) is 0. The van der Waals surface area contributed by atoms with Crippen LogP contribution in [-0.2, 0) is 6.42 Å². The number of aryl methyl sites for hydroxylation is 1. The average Bonchev–Trinajstić information content (AvgIpc) is 2.84. The van der Waals surface area contributed by atoms with Crippen LogP contribution in [0.4, 0.5) is 0 Å². The number of amides is 1. The highest BCUT2D eigenvalue weighted by atomic mass is 16.5. The van der Waals surface area contributed by atoms with Crippen molar-refractivity contribution in [3.63, 3.8) is 0 Å². The molecule has 5 heteroatoms. The van der Waals surface area contributed by atoms with Gasteiger partial charge in [0.2, 0.25) is 0 Å². The molecule has 5 nitrogen and oxygen atoms in total. The van der Waals surface area contributed by atoms with E-state index in [1.165, 1.54) is 5.56 Å². The molecule has 31 heavy (non-hydrogen) atoms. The summed E-state index contributed by atoms with van der Waals surface area (Å²) in [4.78, 5) is 23.6. The van der Waals surface area contributed by atoms with Crippen LogP contribution in [-0.4, -0.2) is 40.5 Å². The van der Waals surface area contributed by atoms with E-state index in [1.54, 1.807) is 12.4 Å². The number of nitrogens with zero attached hydrogens (tertiary/aromatic N) is 3. The molecule has 1 amide bonds. The number of benzene rings is 2. The summed E-state index contributed by atoms with van der Waals surface area (Å²) >= 11 is 0. The lowest BCUT2D eigenvalue weighted by Gasteiger charge is -2.32. The van der Waals surface area contributed by atoms with Gasteiger partial charge < -0.3 is 9.64 Å². The Morgan fingerprint density at radius 2 is 1.68 bits per heavy atom. The van der Waals surface area contributed by atoms with Crippen LogP contribution in [0.3, 0.4) is 0 Å². The zero-order chi connectivity index (χ0) is 21.5. The van der Waals surface area contributed by atoms with Crippen molar-refractivity contribution in [2.45, 2.75) is 32.6 Å². The van der Waals surface area contributed by atoms with Gasteiger partial charge in [0.25, 0.3) is 5.91 Å². The van der Waals surface area contributed by atoms with E-state index < -0.39 is 0 Å². The third kappa shape index (κ3) is 5.48. The summed E-state index contributed by atoms with van der Waals surface area (Å²) in [6.07, 6.45) is 7.62. The molecule has 1 aliphatic rings. The monoisotopic (exact) mass is 415 g/mol. The zero-order valence-corrected chi connectivity index (χ0v) is 18.0. The van der Waals surface area contributed by atoms with E-state index in [1.807, 2.05) is 54.3 Å². The van der Waals surface area contributed by atoms with Gasteiger partial charge in [-0.1, -0.05) is 42.5 Å². The molecule has 0 atom stereocenters. The third-order valence-electron chi connectivity index (χ3n) is 5.91. The van der Waals surface area contributed by atoms with Gasteiger partial charge in [-0.05, 0) is 56.2 Å². The highest BCUT2D eigenvalue weighted by Gasteiger charge is 2.24. The van der Waals surface area contributed by atoms with Crippen molar-refractivity contribution in [1.82, 2.24) is 14.9 Å². The van der Waals surface area contributed by atoms with Gasteiger partial charge in [0, 0.05) is 31.0 Å². The molecule has 4 rings (SSSR count). The van der Waals surface area contributed by atoms with Crippen LogP contribution in [0.15, 0.2) is 67.0 Å². The molecule has 1 saturated heterocycles. The Morgan fingerprint density at radius 1 is 1.00 bits per heavy atom. The minimum atomic E-state index is 0.0320. The van der Waals surface area contributed by atoms with Crippen molar-refractivity contribution >= 4 is 5.91 Å². The molecule has 3 aromatic rings. The topological polar surface area (TPSA) is 55.3 Å². The van der Waals surface area contributed by atoms with Crippen molar-refractivity contribution in [1.29, 1.82) is 0 Å². The van der Waals surface area contributed by atoms with Crippen molar-refractivity contribution in [2.24, 2.45) is 5.92 Å². The Bertz CT molecular complexity index is 964. The minimum absolute atomic E-state index is 0.0320. The second-order valence-corrected chi connectivity index (χ2v) is 8.01. The number of piperidine rings is 1. The maximum Gasteiger partial charge on any atom is 0.256 e. The Labute approximate surface area is 184 Å². The van der Waals surface area contributed by atoms with Gasteiger partial charge >= 0.3 is 0 Å². The number of ether oxygens (including phenoxy) is 1. The summed E-state index contributed by atoms with van der Waals surface area (Å²) in [5.41, 5.74) is 2.86. The normalized spacial score (nSPS) is 14.4. The second kappa shape index (κ2) is 10.2. The Kier molecular flexibility index (Phi) is 6.92. The van der Waals surface area contributed by atoms with E-state index in [4.69, 9.17) is 4.74 Å². The first kappa shape index (κ1) is 21.0. The van der Waals surface area contributed by atoms with Gasteiger partial charge in [0.1, 0.15) is 5.75 Å². The summed E-state index contributed by atoms with van der Waals surface area (Å²) in [5.74, 6) is 2.26. The fourth-order valence-corrected chi connectivity index (χ4v) is 4.07. The Morgan fingerprint density at radius 3 is 2.32 bits per heavy atom. The maximum atomic E-state index is 12.9. The molecule has 0 radical (unpaired) electrons. The highest BCUT2D eigenvalue weighted by molar-refractivity contribution is 5.93. The van der Waals surface area contributed by atoms with Crippen LogP contribution in [0.1, 0.15) is 42.1 Å². The van der Waals surface area contributed by atoms with Crippen molar-refractivity contribution < 1.29 is 9.53 Å². The molecule has 0 saturated carbocycles. The summed E-state index contributed by atoms with van der Waals surface area (Å²) in [5, 5.41) is 0. The van der Waals surface area contributed by atoms with E-state index in [0.717, 1.165) is 50.1 Å². The van der Waals surface area contributed by atoms with E-state index in [2.05, 4.69) is 22.1 Å². The molecule has 1 aliphatic heterocycles. The van der Waals surface area contributed by atoms with Crippen LogP contribution >= 0.6 is 0 Å². The molecule has 2 heterocycles. The Balaban J connectivity index is 1.26. The van der Waals surface area contributed by atoms with Crippen LogP contribution < -0.4 is 4.74 Å². The fraction of sp³-hybridized carbons (Fsp3) is 0.346. The number of carbonyl (C=O) groups excluding carboxylic acids is 1. The minimum Gasteiger partial charge on any atom is -0.494 e. The molecule has 0 bridgehead atoms. The number of rotatable bonds is 7. The summed E-state index contributed by atoms with van der Waals surface area (Å²) in [6.45, 7) is 4.29. The summed E-state index contributed by atoms with van der Waals surface area (Å²) < 4.78 is 5.51. The van der Waals surface area contributed by atoms with Crippen molar-refractivity contribution in [3.05, 3.63) is 78.1 Å². The number of likely N-dealkylation sites (tertiary alicyclic amines) is 1. The molecule has 1 fully saturated rings. The standard InChI is InChI=1S/C26H29N3O2/c1-2-31-24-12-10-20(11-13-24)8-9-21-14-16-29(17-15-21)26(30)23-18-27-25(28-19-23)22-6-4-3-5-7-22/h3-7,10-13,18-19,21H,2,8-9,14-17H2,1H3. The lowest BCUT2D eigenvalue weighted by Crippen LogP contribution is -2.38. The van der Waals surface area contributed by atoms with E-state index in [9.17, 15) is 4.79 Å². The number of hydrogen-bond donors (Lipinski definition) is 0. The van der Waals surface area contributed by atoms with Gasteiger partial charge in [-0.15, -0.1) is 0 Å². The molecule has 0 unspecified atom stereocenters. The summed E-state index contributed by atoms with van der Waals surface area (Å²) in [6, 6.07) is 18.2. The average molecular weight is 416 g/mol. The molecule has 0 aliphatic carbocycles. The highest BCUT2D eigenvalue weighted by Crippen LogP contribution is 2.24. The molecular formula is C26H29N3O2. The largest absolute Gasteiger partial charge is 0.494 e. The molecular weight excluding hydrogens is 386 g/mol. The van der Waals surface area contributed by atoms with Crippen molar-refractivity contribution in [3.8, 4) is 17.1 Å². The number of carbonyl (C=O) groups is 1. The third-order valence-corrected chi connectivity index (χ3v) is 5.91. The predicted octanol–water partition coefficient (Wildman–Crippen LogP) is 5.03. The molecule has 160 valence electrons. The molecule has 0 N–H and O–H groups in total. The van der Waals surface area contributed by atoms with Crippen molar-refractivity contribution in [2.75, 3.05) is 19.7 Å². The van der Waals surface area contributed by atoms with E-state index in [0.29, 0.717) is 23.9 Å². The maximum absolute atomic E-state index is 12.9. The van der Waals surface area contributed by atoms with Gasteiger partial charge in [-0.3, -0.25) is 4.79 Å². The van der Waals surface area contributed by atoms with Crippen LogP contribution in [0.2, 0.25) is 0 Å². The van der Waals surface area contributed by atoms with E-state index in [-0.39, 0.29) is 5.91 Å². The zero-order valence-electron chi connectivity index (χ0n) is 18.0. The molecule has 1 aromatic heterocycles. The van der Waals surface area contributed by atoms with Crippen LogP contribution in [0.25, 0.3) is 11.4 Å². The van der Waals surface area contributed by atoms with Gasteiger partial charge in [-0.25, -0.2) is 9.97 Å². The lowest BCUT2D eigenvalue weighted by atomic mass is 9.90. The Hall–Kier alpha value is -3.21. The molecule has 0 spiro atoms. The quantitative estimate of drug-likeness (QED) is 0.543. The van der Waals surface area contributed by atoms with Gasteiger partial charge in [0.05, 0.1) is 12.2 Å².